The van der Waals surface area contributed by atoms with Gasteiger partial charge in [-0.05, 0) is 11.4 Å². The van der Waals surface area contributed by atoms with Gasteiger partial charge < -0.3 is 10.1 Å². The van der Waals surface area contributed by atoms with Gasteiger partial charge in [-0.25, -0.2) is 0 Å². The van der Waals surface area contributed by atoms with Gasteiger partial charge in [-0.1, -0.05) is 13.0 Å². The summed E-state index contributed by atoms with van der Waals surface area (Å²) >= 11 is 1.51. The van der Waals surface area contributed by atoms with Gasteiger partial charge in [0.1, 0.15) is 0 Å². The molecule has 1 amide bonds. The molecule has 16 heavy (non-hydrogen) atoms. The molecule has 5 heteroatoms. The van der Waals surface area contributed by atoms with E-state index in [1.54, 1.807) is 6.92 Å². The number of esters is 1. The number of ether oxygens (including phenoxy) is 1. The smallest absolute Gasteiger partial charge is 0.307 e. The number of rotatable bonds is 5. The molecule has 0 aliphatic carbocycles. The van der Waals surface area contributed by atoms with E-state index < -0.39 is 0 Å². The van der Waals surface area contributed by atoms with E-state index in [0.717, 1.165) is 4.88 Å². The van der Waals surface area contributed by atoms with Gasteiger partial charge in [-0.2, -0.15) is 0 Å². The van der Waals surface area contributed by atoms with Crippen LogP contribution in [0.5, 0.6) is 0 Å². The maximum atomic E-state index is 11.3. The van der Waals surface area contributed by atoms with Gasteiger partial charge in [-0.15, -0.1) is 11.3 Å². The Kier molecular flexibility index (Phi) is 4.98. The van der Waals surface area contributed by atoms with Gasteiger partial charge in [0.15, 0.2) is 0 Å². The van der Waals surface area contributed by atoms with Gasteiger partial charge in [0.25, 0.3) is 0 Å². The maximum absolute atomic E-state index is 11.3. The van der Waals surface area contributed by atoms with Crippen LogP contribution in [0.2, 0.25) is 0 Å². The quantitative estimate of drug-likeness (QED) is 0.801. The van der Waals surface area contributed by atoms with Crippen molar-refractivity contribution in [1.82, 2.24) is 5.32 Å². The van der Waals surface area contributed by atoms with E-state index in [1.165, 1.54) is 18.4 Å². The Morgan fingerprint density at radius 1 is 1.56 bits per heavy atom. The molecule has 0 aromatic carbocycles. The van der Waals surface area contributed by atoms with E-state index in [9.17, 15) is 9.59 Å². The fourth-order valence-electron chi connectivity index (χ4n) is 1.26. The van der Waals surface area contributed by atoms with E-state index in [4.69, 9.17) is 0 Å². The third kappa shape index (κ3) is 3.66. The molecule has 0 bridgehead atoms. The standard InChI is InChI=1S/C11H15NO3S/c1-3-10(13)12-8(7-11(14)15-2)9-5-4-6-16-9/h4-6,8H,3,7H2,1-2H3,(H,12,13). The first-order valence-electron chi connectivity index (χ1n) is 5.07. The SMILES string of the molecule is CCC(=O)NC(CC(=O)OC)c1cccs1. The lowest BCUT2D eigenvalue weighted by Crippen LogP contribution is -2.29. The van der Waals surface area contributed by atoms with E-state index in [-0.39, 0.29) is 24.3 Å². The number of methoxy groups -OCH3 is 1. The molecule has 0 saturated carbocycles. The molecule has 0 aliphatic heterocycles. The van der Waals surface area contributed by atoms with Gasteiger partial charge in [0.2, 0.25) is 5.91 Å². The maximum Gasteiger partial charge on any atom is 0.307 e. The Labute approximate surface area is 98.6 Å². The lowest BCUT2D eigenvalue weighted by atomic mass is 10.1. The summed E-state index contributed by atoms with van der Waals surface area (Å²) in [5.74, 6) is -0.392. The highest BCUT2D eigenvalue weighted by Crippen LogP contribution is 2.22. The average molecular weight is 241 g/mol. The molecule has 1 unspecified atom stereocenters. The number of carbonyl (C=O) groups is 2. The van der Waals surface area contributed by atoms with Crippen molar-refractivity contribution >= 4 is 23.2 Å². The zero-order valence-corrected chi connectivity index (χ0v) is 10.2. The minimum atomic E-state index is -0.324. The second-order valence-electron chi connectivity index (χ2n) is 3.27. The van der Waals surface area contributed by atoms with E-state index in [1.807, 2.05) is 17.5 Å². The van der Waals surface area contributed by atoms with Gasteiger partial charge in [-0.3, -0.25) is 9.59 Å². The van der Waals surface area contributed by atoms with Crippen LogP contribution in [-0.2, 0) is 14.3 Å². The molecular formula is C11H15NO3S. The van der Waals surface area contributed by atoms with Crippen molar-refractivity contribution in [3.05, 3.63) is 22.4 Å². The highest BCUT2D eigenvalue weighted by molar-refractivity contribution is 7.10. The van der Waals surface area contributed by atoms with Gasteiger partial charge in [0, 0.05) is 11.3 Å². The van der Waals surface area contributed by atoms with Crippen LogP contribution in [0.25, 0.3) is 0 Å². The number of nitrogens with one attached hydrogen (secondary N) is 1. The molecular weight excluding hydrogens is 226 g/mol. The normalized spacial score (nSPS) is 11.9. The third-order valence-corrected chi connectivity index (χ3v) is 3.13. The predicted octanol–water partition coefficient (Wildman–Crippen LogP) is 1.88. The van der Waals surface area contributed by atoms with Crippen LogP contribution in [0.3, 0.4) is 0 Å². The minimum absolute atomic E-state index is 0.0673. The highest BCUT2D eigenvalue weighted by Gasteiger charge is 2.18. The Hall–Kier alpha value is -1.36. The largest absolute Gasteiger partial charge is 0.469 e. The van der Waals surface area contributed by atoms with Crippen LogP contribution in [0.1, 0.15) is 30.7 Å². The highest BCUT2D eigenvalue weighted by atomic mass is 32.1. The topological polar surface area (TPSA) is 55.4 Å². The van der Waals surface area contributed by atoms with Crippen molar-refractivity contribution in [2.45, 2.75) is 25.8 Å². The lowest BCUT2D eigenvalue weighted by molar-refractivity contribution is -0.141. The second kappa shape index (κ2) is 6.27. The molecule has 1 heterocycles. The lowest BCUT2D eigenvalue weighted by Gasteiger charge is -2.15. The van der Waals surface area contributed by atoms with E-state index >= 15 is 0 Å². The monoisotopic (exact) mass is 241 g/mol. The van der Waals surface area contributed by atoms with Crippen molar-refractivity contribution in [1.29, 1.82) is 0 Å². The van der Waals surface area contributed by atoms with Crippen LogP contribution in [0.15, 0.2) is 17.5 Å². The van der Waals surface area contributed by atoms with Crippen LogP contribution in [-0.4, -0.2) is 19.0 Å². The first kappa shape index (κ1) is 12.7. The summed E-state index contributed by atoms with van der Waals surface area (Å²) in [5.41, 5.74) is 0. The molecule has 88 valence electrons. The Morgan fingerprint density at radius 2 is 2.31 bits per heavy atom. The van der Waals surface area contributed by atoms with Crippen LogP contribution in [0.4, 0.5) is 0 Å². The minimum Gasteiger partial charge on any atom is -0.469 e. The molecule has 4 nitrogen and oxygen atoms in total. The number of carbonyl (C=O) groups excluding carboxylic acids is 2. The first-order valence-corrected chi connectivity index (χ1v) is 5.95. The molecule has 0 spiro atoms. The zero-order chi connectivity index (χ0) is 12.0. The van der Waals surface area contributed by atoms with E-state index in [0.29, 0.717) is 6.42 Å². The summed E-state index contributed by atoms with van der Waals surface area (Å²) in [6.45, 7) is 1.78. The van der Waals surface area contributed by atoms with Crippen LogP contribution >= 0.6 is 11.3 Å². The third-order valence-electron chi connectivity index (χ3n) is 2.14. The van der Waals surface area contributed by atoms with Crippen molar-refractivity contribution in [2.24, 2.45) is 0 Å². The second-order valence-corrected chi connectivity index (χ2v) is 4.25. The van der Waals surface area contributed by atoms with Crippen LogP contribution in [0, 0.1) is 0 Å². The molecule has 1 atom stereocenters. The fraction of sp³-hybridized carbons (Fsp3) is 0.455. The fourth-order valence-corrected chi connectivity index (χ4v) is 2.04. The summed E-state index contributed by atoms with van der Waals surface area (Å²) in [6, 6.07) is 3.51. The molecule has 0 saturated heterocycles. The zero-order valence-electron chi connectivity index (χ0n) is 9.36. The number of thiophene rings is 1. The van der Waals surface area contributed by atoms with Gasteiger partial charge in [0.05, 0.1) is 19.6 Å². The Balaban J connectivity index is 2.69. The molecule has 1 rings (SSSR count). The summed E-state index contributed by atoms with van der Waals surface area (Å²) in [7, 11) is 1.34. The van der Waals surface area contributed by atoms with Crippen molar-refractivity contribution in [3.63, 3.8) is 0 Å². The summed E-state index contributed by atoms with van der Waals surface area (Å²) in [5, 5.41) is 4.72. The molecule has 1 aromatic heterocycles. The Morgan fingerprint density at radius 3 is 2.81 bits per heavy atom. The Bertz CT molecular complexity index is 330. The van der Waals surface area contributed by atoms with Crippen molar-refractivity contribution < 1.29 is 14.3 Å². The molecule has 1 aromatic rings. The van der Waals surface area contributed by atoms with Crippen molar-refractivity contribution in [3.8, 4) is 0 Å². The molecule has 0 aliphatic rings. The van der Waals surface area contributed by atoms with Gasteiger partial charge >= 0.3 is 5.97 Å². The molecule has 0 fully saturated rings. The van der Waals surface area contributed by atoms with Crippen LogP contribution < -0.4 is 5.32 Å². The summed E-state index contributed by atoms with van der Waals surface area (Å²) in [6.07, 6.45) is 0.575. The number of amides is 1. The van der Waals surface area contributed by atoms with E-state index in [2.05, 4.69) is 10.1 Å². The number of hydrogen-bond acceptors (Lipinski definition) is 4. The van der Waals surface area contributed by atoms with Crippen molar-refractivity contribution in [2.75, 3.05) is 7.11 Å². The predicted molar refractivity (Wildman–Crippen MR) is 62.1 cm³/mol. The molecule has 0 radical (unpaired) electrons. The number of hydrogen-bond donors (Lipinski definition) is 1. The summed E-state index contributed by atoms with van der Waals surface area (Å²) in [4.78, 5) is 23.5. The average Bonchev–Trinajstić information content (AvgIpc) is 2.81. The molecule has 1 N–H and O–H groups in total. The summed E-state index contributed by atoms with van der Waals surface area (Å²) < 4.78 is 4.61. The first-order chi connectivity index (χ1) is 7.67.